The average Bonchev–Trinajstić information content (AvgIpc) is 3.02. The van der Waals surface area contributed by atoms with Crippen LogP contribution in [0, 0.1) is 19.7 Å². The first-order chi connectivity index (χ1) is 12.3. The summed E-state index contributed by atoms with van der Waals surface area (Å²) < 4.78 is 41.3. The Labute approximate surface area is 151 Å². The minimum absolute atomic E-state index is 0.0258. The highest BCUT2D eigenvalue weighted by molar-refractivity contribution is 7.91. The Balaban J connectivity index is 2.23. The molecule has 0 saturated carbocycles. The monoisotopic (exact) mass is 374 g/mol. The number of aromatic nitrogens is 3. The van der Waals surface area contributed by atoms with Crippen molar-refractivity contribution < 1.29 is 12.8 Å². The molecule has 0 unspecified atom stereocenters. The van der Waals surface area contributed by atoms with Crippen LogP contribution in [0.15, 0.2) is 52.5 Å². The van der Waals surface area contributed by atoms with Crippen molar-refractivity contribution in [2.24, 2.45) is 0 Å². The van der Waals surface area contributed by atoms with E-state index < -0.39 is 15.7 Å². The number of aryl methyl sites for hydroxylation is 2. The van der Waals surface area contributed by atoms with Crippen molar-refractivity contribution >= 4 is 9.84 Å². The first-order valence-electron chi connectivity index (χ1n) is 8.01. The third-order valence-electron chi connectivity index (χ3n) is 3.95. The van der Waals surface area contributed by atoms with Gasteiger partial charge in [0.1, 0.15) is 5.82 Å². The second-order valence-electron chi connectivity index (χ2n) is 5.99. The lowest BCUT2D eigenvalue weighted by Gasteiger charge is -2.11. The lowest BCUT2D eigenvalue weighted by Crippen LogP contribution is -2.12. The highest BCUT2D eigenvalue weighted by atomic mass is 32.2. The van der Waals surface area contributed by atoms with E-state index in [1.165, 1.54) is 35.1 Å². The summed E-state index contributed by atoms with van der Waals surface area (Å²) in [6.45, 7) is 3.94. The zero-order valence-corrected chi connectivity index (χ0v) is 15.5. The fraction of sp³-hybridized carbons (Fsp3) is 0.222. The third-order valence-corrected chi connectivity index (χ3v) is 5.66. The van der Waals surface area contributed by atoms with Gasteiger partial charge in [-0.1, -0.05) is 6.07 Å². The molecule has 2 aromatic heterocycles. The normalized spacial score (nSPS) is 11.7. The third kappa shape index (κ3) is 3.38. The highest BCUT2D eigenvalue weighted by Gasteiger charge is 2.26. The standard InChI is InChI=1S/C18H19FN4O2S/c1-12-4-6-14(19)8-17(12)23-18(9-15(22-23)10-20-3)26(24,25)16-7-5-13(2)21-11-16/h4-9,11,20H,10H2,1-3H3. The number of nitrogens with zero attached hydrogens (tertiary/aromatic N) is 3. The molecule has 3 rings (SSSR count). The van der Waals surface area contributed by atoms with Gasteiger partial charge in [-0.2, -0.15) is 5.10 Å². The van der Waals surface area contributed by atoms with Gasteiger partial charge in [-0.05, 0) is 50.7 Å². The molecule has 0 spiro atoms. The van der Waals surface area contributed by atoms with E-state index >= 15 is 0 Å². The summed E-state index contributed by atoms with van der Waals surface area (Å²) in [5, 5.41) is 7.29. The van der Waals surface area contributed by atoms with Crippen molar-refractivity contribution in [2.75, 3.05) is 7.05 Å². The minimum Gasteiger partial charge on any atom is -0.314 e. The molecule has 0 radical (unpaired) electrons. The van der Waals surface area contributed by atoms with E-state index in [0.29, 0.717) is 29.2 Å². The number of benzene rings is 1. The smallest absolute Gasteiger partial charge is 0.225 e. The molecule has 1 aromatic carbocycles. The second-order valence-corrected chi connectivity index (χ2v) is 7.88. The molecular weight excluding hydrogens is 355 g/mol. The maximum Gasteiger partial charge on any atom is 0.225 e. The van der Waals surface area contributed by atoms with Gasteiger partial charge < -0.3 is 5.32 Å². The van der Waals surface area contributed by atoms with Crippen LogP contribution in [0.1, 0.15) is 17.0 Å². The van der Waals surface area contributed by atoms with E-state index in [1.54, 1.807) is 33.0 Å². The molecule has 26 heavy (non-hydrogen) atoms. The van der Waals surface area contributed by atoms with Crippen LogP contribution in [0.3, 0.4) is 0 Å². The molecule has 0 aliphatic rings. The van der Waals surface area contributed by atoms with Gasteiger partial charge >= 0.3 is 0 Å². The van der Waals surface area contributed by atoms with Crippen LogP contribution >= 0.6 is 0 Å². The largest absolute Gasteiger partial charge is 0.314 e. The molecule has 3 aromatic rings. The molecule has 1 N–H and O–H groups in total. The van der Waals surface area contributed by atoms with Gasteiger partial charge in [0.05, 0.1) is 16.3 Å². The Morgan fingerprint density at radius 3 is 2.58 bits per heavy atom. The Kier molecular flexibility index (Phi) is 4.88. The van der Waals surface area contributed by atoms with E-state index in [9.17, 15) is 12.8 Å². The quantitative estimate of drug-likeness (QED) is 0.743. The summed E-state index contributed by atoms with van der Waals surface area (Å²) in [5.41, 5.74) is 2.35. The fourth-order valence-electron chi connectivity index (χ4n) is 2.59. The van der Waals surface area contributed by atoms with Crippen molar-refractivity contribution in [1.82, 2.24) is 20.1 Å². The number of halogens is 1. The van der Waals surface area contributed by atoms with Crippen molar-refractivity contribution in [3.63, 3.8) is 0 Å². The maximum atomic E-state index is 13.8. The molecule has 0 aliphatic heterocycles. The van der Waals surface area contributed by atoms with E-state index in [0.717, 1.165) is 0 Å². The van der Waals surface area contributed by atoms with E-state index in [2.05, 4.69) is 15.4 Å². The van der Waals surface area contributed by atoms with Gasteiger partial charge in [-0.15, -0.1) is 0 Å². The summed E-state index contributed by atoms with van der Waals surface area (Å²) in [4.78, 5) is 4.13. The van der Waals surface area contributed by atoms with Gasteiger partial charge in [0.2, 0.25) is 9.84 Å². The molecule has 0 aliphatic carbocycles. The molecule has 136 valence electrons. The van der Waals surface area contributed by atoms with Crippen molar-refractivity contribution in [2.45, 2.75) is 30.3 Å². The minimum atomic E-state index is -3.87. The molecule has 6 nitrogen and oxygen atoms in total. The number of sulfone groups is 1. The zero-order valence-electron chi connectivity index (χ0n) is 14.7. The van der Waals surface area contributed by atoms with E-state index in [1.807, 2.05) is 0 Å². The van der Waals surface area contributed by atoms with E-state index in [4.69, 9.17) is 0 Å². The summed E-state index contributed by atoms with van der Waals surface area (Å²) >= 11 is 0. The summed E-state index contributed by atoms with van der Waals surface area (Å²) in [6.07, 6.45) is 1.32. The Morgan fingerprint density at radius 2 is 1.92 bits per heavy atom. The van der Waals surface area contributed by atoms with Crippen molar-refractivity contribution in [1.29, 1.82) is 0 Å². The molecule has 0 fully saturated rings. The molecule has 0 saturated heterocycles. The van der Waals surface area contributed by atoms with Gasteiger partial charge in [0, 0.05) is 24.5 Å². The van der Waals surface area contributed by atoms with Gasteiger partial charge in [0.25, 0.3) is 0 Å². The number of hydrogen-bond donors (Lipinski definition) is 1. The number of pyridine rings is 1. The van der Waals surface area contributed by atoms with Crippen LogP contribution in [-0.4, -0.2) is 30.2 Å². The molecule has 2 heterocycles. The number of nitrogens with one attached hydrogen (secondary N) is 1. The number of rotatable bonds is 5. The van der Waals surface area contributed by atoms with Crippen LogP contribution in [-0.2, 0) is 16.4 Å². The SMILES string of the molecule is CNCc1cc(S(=O)(=O)c2ccc(C)nc2)n(-c2cc(F)ccc2C)n1. The highest BCUT2D eigenvalue weighted by Crippen LogP contribution is 2.26. The van der Waals surface area contributed by atoms with E-state index in [-0.39, 0.29) is 9.92 Å². The Hall–Kier alpha value is -2.58. The van der Waals surface area contributed by atoms with Gasteiger partial charge in [-0.3, -0.25) is 4.98 Å². The zero-order chi connectivity index (χ0) is 18.9. The fourth-order valence-corrected chi connectivity index (χ4v) is 3.92. The van der Waals surface area contributed by atoms with Crippen LogP contribution in [0.4, 0.5) is 4.39 Å². The molecular formula is C18H19FN4O2S. The maximum absolute atomic E-state index is 13.8. The summed E-state index contributed by atoms with van der Waals surface area (Å²) in [5.74, 6) is -0.461. The predicted octanol–water partition coefficient (Wildman–Crippen LogP) is 2.58. The van der Waals surface area contributed by atoms with Crippen LogP contribution < -0.4 is 5.32 Å². The molecule has 0 bridgehead atoms. The summed E-state index contributed by atoms with van der Waals surface area (Å²) in [6, 6.07) is 8.83. The lowest BCUT2D eigenvalue weighted by atomic mass is 10.2. The lowest BCUT2D eigenvalue weighted by molar-refractivity contribution is 0.583. The number of hydrogen-bond acceptors (Lipinski definition) is 5. The van der Waals surface area contributed by atoms with Crippen molar-refractivity contribution in [3.8, 4) is 5.69 Å². The predicted molar refractivity (Wildman–Crippen MR) is 95.4 cm³/mol. The molecule has 0 atom stereocenters. The van der Waals surface area contributed by atoms with Gasteiger partial charge in [-0.25, -0.2) is 17.5 Å². The first-order valence-corrected chi connectivity index (χ1v) is 9.49. The second kappa shape index (κ2) is 6.97. The Bertz CT molecular complexity index is 1040. The topological polar surface area (TPSA) is 76.9 Å². The average molecular weight is 374 g/mol. The van der Waals surface area contributed by atoms with Crippen molar-refractivity contribution in [3.05, 3.63) is 65.4 Å². The van der Waals surface area contributed by atoms with Gasteiger partial charge in [0.15, 0.2) is 5.03 Å². The van der Waals surface area contributed by atoms with Crippen LogP contribution in [0.25, 0.3) is 5.69 Å². The molecule has 0 amide bonds. The Morgan fingerprint density at radius 1 is 1.15 bits per heavy atom. The van der Waals surface area contributed by atoms with Crippen LogP contribution in [0.5, 0.6) is 0 Å². The molecule has 8 heteroatoms. The first kappa shape index (κ1) is 18.2. The summed E-state index contributed by atoms with van der Waals surface area (Å²) in [7, 11) is -2.13. The van der Waals surface area contributed by atoms with Crippen LogP contribution in [0.2, 0.25) is 0 Å².